The molecule has 0 radical (unpaired) electrons. The molecule has 2 unspecified atom stereocenters. The van der Waals surface area contributed by atoms with Crippen molar-refractivity contribution in [1.29, 1.82) is 0 Å². The van der Waals surface area contributed by atoms with Crippen molar-refractivity contribution < 1.29 is 0 Å². The molecule has 1 aliphatic carbocycles. The second-order valence-electron chi connectivity index (χ2n) is 7.67. The molecule has 0 spiro atoms. The molecule has 0 aromatic carbocycles. The third-order valence-electron chi connectivity index (χ3n) is 6.33. The molecule has 2 aliphatic heterocycles. The topological polar surface area (TPSA) is 32.5 Å². The number of hydrogen-bond donors (Lipinski definition) is 1. The molecule has 2 atom stereocenters. The van der Waals surface area contributed by atoms with E-state index in [0.717, 1.165) is 24.4 Å². The van der Waals surface area contributed by atoms with Crippen molar-refractivity contribution in [2.45, 2.75) is 63.8 Å². The summed E-state index contributed by atoms with van der Waals surface area (Å²) < 4.78 is 0. The van der Waals surface area contributed by atoms with Crippen LogP contribution in [-0.4, -0.2) is 55.1 Å². The summed E-state index contributed by atoms with van der Waals surface area (Å²) in [5.41, 5.74) is 5.99. The van der Waals surface area contributed by atoms with E-state index < -0.39 is 0 Å². The molecule has 0 aromatic heterocycles. The molecule has 3 aliphatic rings. The lowest BCUT2D eigenvalue weighted by Gasteiger charge is -2.42. The average molecular weight is 293 g/mol. The largest absolute Gasteiger partial charge is 0.330 e. The molecule has 0 bridgehead atoms. The first kappa shape index (κ1) is 15.8. The summed E-state index contributed by atoms with van der Waals surface area (Å²) in [6.45, 7) is 7.62. The summed E-state index contributed by atoms with van der Waals surface area (Å²) in [6, 6.07) is 0.887. The smallest absolute Gasteiger partial charge is 0.0120 e. The summed E-state index contributed by atoms with van der Waals surface area (Å²) >= 11 is 0. The van der Waals surface area contributed by atoms with Crippen LogP contribution in [0.15, 0.2) is 0 Å². The van der Waals surface area contributed by atoms with Crippen LogP contribution in [-0.2, 0) is 0 Å². The Bertz CT molecular complexity index is 293. The van der Waals surface area contributed by atoms with E-state index in [1.807, 2.05) is 0 Å². The van der Waals surface area contributed by atoms with E-state index >= 15 is 0 Å². The zero-order chi connectivity index (χ0) is 14.5. The van der Waals surface area contributed by atoms with Gasteiger partial charge in [-0.25, -0.2) is 0 Å². The molecule has 3 fully saturated rings. The van der Waals surface area contributed by atoms with Crippen molar-refractivity contribution in [3.05, 3.63) is 0 Å². The van der Waals surface area contributed by atoms with Crippen LogP contribution in [0.1, 0.15) is 57.8 Å². The summed E-state index contributed by atoms with van der Waals surface area (Å²) in [6.07, 6.45) is 12.8. The second kappa shape index (κ2) is 7.94. The van der Waals surface area contributed by atoms with E-state index in [-0.39, 0.29) is 0 Å². The Morgan fingerprint density at radius 2 is 1.38 bits per heavy atom. The first-order valence-electron chi connectivity index (χ1n) is 9.53. The van der Waals surface area contributed by atoms with E-state index in [4.69, 9.17) is 5.73 Å². The number of rotatable bonds is 4. The standard InChI is InChI=1S/C18H35N3/c19-14-16-6-2-3-7-17(16)15-20-12-8-18(9-13-20)21-10-4-1-5-11-21/h16-18H,1-15,19H2. The van der Waals surface area contributed by atoms with Crippen LogP contribution in [0.5, 0.6) is 0 Å². The molecular weight excluding hydrogens is 258 g/mol. The van der Waals surface area contributed by atoms with Gasteiger partial charge in [0.05, 0.1) is 0 Å². The Hall–Kier alpha value is -0.120. The van der Waals surface area contributed by atoms with E-state index in [1.54, 1.807) is 0 Å². The van der Waals surface area contributed by atoms with E-state index in [9.17, 15) is 0 Å². The Morgan fingerprint density at radius 1 is 0.714 bits per heavy atom. The fraction of sp³-hybridized carbons (Fsp3) is 1.00. The van der Waals surface area contributed by atoms with Gasteiger partial charge < -0.3 is 15.5 Å². The summed E-state index contributed by atoms with van der Waals surface area (Å²) in [5.74, 6) is 1.69. The normalized spacial score (nSPS) is 34.1. The minimum atomic E-state index is 0.804. The van der Waals surface area contributed by atoms with Crippen LogP contribution in [0.3, 0.4) is 0 Å². The number of likely N-dealkylation sites (tertiary alicyclic amines) is 2. The monoisotopic (exact) mass is 293 g/mol. The maximum absolute atomic E-state index is 5.99. The number of hydrogen-bond acceptors (Lipinski definition) is 3. The van der Waals surface area contributed by atoms with Crippen molar-refractivity contribution in [2.75, 3.05) is 39.3 Å². The van der Waals surface area contributed by atoms with Crippen LogP contribution < -0.4 is 5.73 Å². The predicted molar refractivity (Wildman–Crippen MR) is 89.4 cm³/mol. The van der Waals surface area contributed by atoms with Crippen LogP contribution >= 0.6 is 0 Å². The van der Waals surface area contributed by atoms with Gasteiger partial charge in [-0.05, 0) is 83.1 Å². The molecule has 3 nitrogen and oxygen atoms in total. The van der Waals surface area contributed by atoms with Gasteiger partial charge in [0.1, 0.15) is 0 Å². The Kier molecular flexibility index (Phi) is 5.96. The quantitative estimate of drug-likeness (QED) is 0.865. The van der Waals surface area contributed by atoms with Gasteiger partial charge in [0.2, 0.25) is 0 Å². The number of piperidine rings is 2. The van der Waals surface area contributed by atoms with Crippen molar-refractivity contribution in [1.82, 2.24) is 9.80 Å². The molecule has 2 heterocycles. The lowest BCUT2D eigenvalue weighted by molar-refractivity contribution is 0.0730. The molecule has 3 heteroatoms. The molecule has 2 saturated heterocycles. The molecule has 0 amide bonds. The minimum absolute atomic E-state index is 0.804. The van der Waals surface area contributed by atoms with Gasteiger partial charge >= 0.3 is 0 Å². The Balaban J connectivity index is 1.42. The van der Waals surface area contributed by atoms with Crippen LogP contribution in [0.25, 0.3) is 0 Å². The highest BCUT2D eigenvalue weighted by Crippen LogP contribution is 2.31. The van der Waals surface area contributed by atoms with Gasteiger partial charge in [0.25, 0.3) is 0 Å². The average Bonchev–Trinajstić information content (AvgIpc) is 2.57. The van der Waals surface area contributed by atoms with Crippen LogP contribution in [0.4, 0.5) is 0 Å². The fourth-order valence-electron chi connectivity index (χ4n) is 4.92. The van der Waals surface area contributed by atoms with Gasteiger partial charge in [-0.15, -0.1) is 0 Å². The van der Waals surface area contributed by atoms with Gasteiger partial charge in [-0.2, -0.15) is 0 Å². The Morgan fingerprint density at radius 3 is 2.05 bits per heavy atom. The fourth-order valence-corrected chi connectivity index (χ4v) is 4.92. The second-order valence-corrected chi connectivity index (χ2v) is 7.67. The van der Waals surface area contributed by atoms with Crippen molar-refractivity contribution >= 4 is 0 Å². The lowest BCUT2D eigenvalue weighted by atomic mass is 9.78. The lowest BCUT2D eigenvalue weighted by Crippen LogP contribution is -2.48. The van der Waals surface area contributed by atoms with E-state index in [0.29, 0.717) is 0 Å². The number of nitrogens with zero attached hydrogens (tertiary/aromatic N) is 2. The predicted octanol–water partition coefficient (Wildman–Crippen LogP) is 2.70. The van der Waals surface area contributed by atoms with Gasteiger partial charge in [0.15, 0.2) is 0 Å². The van der Waals surface area contributed by atoms with Crippen molar-refractivity contribution in [3.8, 4) is 0 Å². The SMILES string of the molecule is NCC1CCCCC1CN1CCC(N2CCCCC2)CC1. The zero-order valence-electron chi connectivity index (χ0n) is 13.8. The molecule has 1 saturated carbocycles. The summed E-state index contributed by atoms with van der Waals surface area (Å²) in [4.78, 5) is 5.53. The third kappa shape index (κ3) is 4.20. The van der Waals surface area contributed by atoms with Crippen LogP contribution in [0.2, 0.25) is 0 Å². The van der Waals surface area contributed by atoms with E-state index in [1.165, 1.54) is 90.5 Å². The molecule has 3 rings (SSSR count). The molecule has 2 N–H and O–H groups in total. The maximum atomic E-state index is 5.99. The summed E-state index contributed by atoms with van der Waals surface area (Å²) in [7, 11) is 0. The van der Waals surface area contributed by atoms with Crippen molar-refractivity contribution in [2.24, 2.45) is 17.6 Å². The first-order chi connectivity index (χ1) is 10.4. The number of nitrogens with two attached hydrogens (primary N) is 1. The zero-order valence-corrected chi connectivity index (χ0v) is 13.8. The highest BCUT2D eigenvalue weighted by atomic mass is 15.2. The van der Waals surface area contributed by atoms with Gasteiger partial charge in [-0.3, -0.25) is 0 Å². The van der Waals surface area contributed by atoms with E-state index in [2.05, 4.69) is 9.80 Å². The molecule has 21 heavy (non-hydrogen) atoms. The van der Waals surface area contributed by atoms with Gasteiger partial charge in [-0.1, -0.05) is 19.3 Å². The van der Waals surface area contributed by atoms with Crippen molar-refractivity contribution in [3.63, 3.8) is 0 Å². The maximum Gasteiger partial charge on any atom is 0.0120 e. The minimum Gasteiger partial charge on any atom is -0.330 e. The van der Waals surface area contributed by atoms with Crippen LogP contribution in [0, 0.1) is 11.8 Å². The molecular formula is C18H35N3. The molecule has 0 aromatic rings. The first-order valence-corrected chi connectivity index (χ1v) is 9.53. The molecule has 122 valence electrons. The summed E-state index contributed by atoms with van der Waals surface area (Å²) in [5, 5.41) is 0. The highest BCUT2D eigenvalue weighted by molar-refractivity contribution is 4.84. The Labute approximate surface area is 131 Å². The third-order valence-corrected chi connectivity index (χ3v) is 6.33. The van der Waals surface area contributed by atoms with Gasteiger partial charge in [0, 0.05) is 12.6 Å². The highest BCUT2D eigenvalue weighted by Gasteiger charge is 2.29.